The van der Waals surface area contributed by atoms with Gasteiger partial charge in [-0.1, -0.05) is 0 Å². The number of morpholine rings is 1. The van der Waals surface area contributed by atoms with Gasteiger partial charge in [-0.3, -0.25) is 0 Å². The van der Waals surface area contributed by atoms with Crippen LogP contribution in [0.3, 0.4) is 0 Å². The minimum atomic E-state index is -3.77. The van der Waals surface area contributed by atoms with E-state index in [-0.39, 0.29) is 24.6 Å². The number of hydrogen-bond donors (Lipinski definition) is 0. The number of sulfonamides is 1. The molecule has 0 N–H and O–H groups in total. The number of methoxy groups -OCH3 is 1. The van der Waals surface area contributed by atoms with E-state index in [1.807, 2.05) is 0 Å². The quantitative estimate of drug-likeness (QED) is 0.755. The second-order valence-electron chi connectivity index (χ2n) is 4.20. The van der Waals surface area contributed by atoms with Crippen molar-refractivity contribution in [2.75, 3.05) is 26.8 Å². The fraction of sp³-hybridized carbons (Fsp3) is 0.417. The number of carbonyl (C=O) groups excluding carboxylic acids is 1. The van der Waals surface area contributed by atoms with Crippen molar-refractivity contribution < 1.29 is 27.1 Å². The maximum Gasteiger partial charge on any atom is 0.336 e. The number of esters is 1. The van der Waals surface area contributed by atoms with Crippen LogP contribution in [0.4, 0.5) is 4.39 Å². The lowest BCUT2D eigenvalue weighted by Crippen LogP contribution is -2.48. The predicted molar refractivity (Wildman–Crippen MR) is 66.9 cm³/mol. The number of carbonyl (C=O) groups is 1. The Bertz CT molecular complexity index is 586. The monoisotopic (exact) mass is 303 g/mol. The summed E-state index contributed by atoms with van der Waals surface area (Å²) in [6.45, 7) is 0.111. The molecule has 0 radical (unpaired) electrons. The van der Waals surface area contributed by atoms with Crippen LogP contribution in [0.25, 0.3) is 0 Å². The Morgan fingerprint density at radius 2 is 2.05 bits per heavy atom. The molecule has 2 rings (SSSR count). The molecule has 1 heterocycles. The van der Waals surface area contributed by atoms with E-state index in [1.165, 1.54) is 19.2 Å². The summed E-state index contributed by atoms with van der Waals surface area (Å²) in [7, 11) is -2.57. The molecule has 1 unspecified atom stereocenters. The zero-order chi connectivity index (χ0) is 14.8. The van der Waals surface area contributed by atoms with Crippen LogP contribution in [0.15, 0.2) is 29.2 Å². The normalized spacial score (nSPS) is 20.6. The van der Waals surface area contributed by atoms with Gasteiger partial charge >= 0.3 is 5.97 Å². The predicted octanol–water partition coefficient (Wildman–Crippen LogP) is 0.388. The van der Waals surface area contributed by atoms with Crippen LogP contribution in [0.1, 0.15) is 0 Å². The van der Waals surface area contributed by atoms with E-state index in [4.69, 9.17) is 4.74 Å². The van der Waals surface area contributed by atoms with Gasteiger partial charge in [0.1, 0.15) is 5.82 Å². The van der Waals surface area contributed by atoms with Crippen molar-refractivity contribution in [1.29, 1.82) is 0 Å². The fourth-order valence-corrected chi connectivity index (χ4v) is 3.30. The van der Waals surface area contributed by atoms with Crippen LogP contribution >= 0.6 is 0 Å². The third-order valence-corrected chi connectivity index (χ3v) is 4.82. The van der Waals surface area contributed by atoms with Crippen LogP contribution < -0.4 is 0 Å². The molecule has 0 bridgehead atoms. The molecule has 1 aromatic carbocycles. The van der Waals surface area contributed by atoms with Gasteiger partial charge in [-0.05, 0) is 24.3 Å². The molecule has 1 aliphatic rings. The van der Waals surface area contributed by atoms with Crippen molar-refractivity contribution in [1.82, 2.24) is 4.31 Å². The largest absolute Gasteiger partial charge is 0.467 e. The number of hydrogen-bond acceptors (Lipinski definition) is 5. The molecule has 8 heteroatoms. The number of ether oxygens (including phenoxy) is 2. The van der Waals surface area contributed by atoms with Gasteiger partial charge in [-0.25, -0.2) is 17.6 Å². The maximum absolute atomic E-state index is 12.8. The van der Waals surface area contributed by atoms with Crippen LogP contribution in [0, 0.1) is 5.82 Å². The van der Waals surface area contributed by atoms with Crippen molar-refractivity contribution in [2.24, 2.45) is 0 Å². The Morgan fingerprint density at radius 1 is 1.40 bits per heavy atom. The highest BCUT2D eigenvalue weighted by molar-refractivity contribution is 7.89. The van der Waals surface area contributed by atoms with Crippen molar-refractivity contribution in [2.45, 2.75) is 11.0 Å². The van der Waals surface area contributed by atoms with Crippen molar-refractivity contribution in [3.8, 4) is 0 Å². The SMILES string of the molecule is COC(=O)C1CN(S(=O)(=O)c2ccc(F)cc2)CCO1. The summed E-state index contributed by atoms with van der Waals surface area (Å²) in [5, 5.41) is 0. The first-order valence-electron chi connectivity index (χ1n) is 5.90. The van der Waals surface area contributed by atoms with E-state index in [1.54, 1.807) is 0 Å². The van der Waals surface area contributed by atoms with Crippen LogP contribution in [0.5, 0.6) is 0 Å². The third-order valence-electron chi connectivity index (χ3n) is 2.94. The van der Waals surface area contributed by atoms with Crippen LogP contribution in [-0.2, 0) is 24.3 Å². The van der Waals surface area contributed by atoms with Gasteiger partial charge in [0, 0.05) is 6.54 Å². The highest BCUT2D eigenvalue weighted by atomic mass is 32.2. The number of rotatable bonds is 3. The standard InChI is InChI=1S/C12H14FNO5S/c1-18-12(15)11-8-14(6-7-19-11)20(16,17)10-4-2-9(13)3-5-10/h2-5,11H,6-8H2,1H3. The lowest BCUT2D eigenvalue weighted by molar-refractivity contribution is -0.157. The lowest BCUT2D eigenvalue weighted by atomic mass is 10.3. The number of benzene rings is 1. The molecule has 6 nitrogen and oxygen atoms in total. The van der Waals surface area contributed by atoms with E-state index in [0.29, 0.717) is 0 Å². The van der Waals surface area contributed by atoms with Gasteiger partial charge in [0.05, 0.1) is 25.2 Å². The van der Waals surface area contributed by atoms with E-state index >= 15 is 0 Å². The molecule has 0 spiro atoms. The summed E-state index contributed by atoms with van der Waals surface area (Å²) in [4.78, 5) is 11.4. The second kappa shape index (κ2) is 5.86. The highest BCUT2D eigenvalue weighted by Gasteiger charge is 2.34. The average molecular weight is 303 g/mol. The number of halogens is 1. The molecule has 20 heavy (non-hydrogen) atoms. The Kier molecular flexibility index (Phi) is 4.36. The van der Waals surface area contributed by atoms with Crippen molar-refractivity contribution in [3.63, 3.8) is 0 Å². The van der Waals surface area contributed by atoms with Crippen LogP contribution in [0.2, 0.25) is 0 Å². The van der Waals surface area contributed by atoms with Crippen molar-refractivity contribution in [3.05, 3.63) is 30.1 Å². The van der Waals surface area contributed by atoms with Crippen LogP contribution in [-0.4, -0.2) is 51.6 Å². The summed E-state index contributed by atoms with van der Waals surface area (Å²) in [5.74, 6) is -1.14. The fourth-order valence-electron chi connectivity index (χ4n) is 1.87. The van der Waals surface area contributed by atoms with E-state index in [0.717, 1.165) is 16.4 Å². The molecule has 0 amide bonds. The Hall–Kier alpha value is -1.51. The molecular formula is C12H14FNO5S. The molecule has 1 aliphatic heterocycles. The topological polar surface area (TPSA) is 72.9 Å². The van der Waals surface area contributed by atoms with Gasteiger partial charge < -0.3 is 9.47 Å². The third kappa shape index (κ3) is 2.97. The Morgan fingerprint density at radius 3 is 2.65 bits per heavy atom. The molecule has 1 atom stereocenters. The molecule has 1 aromatic rings. The molecular weight excluding hydrogens is 289 g/mol. The maximum atomic E-state index is 12.8. The van der Waals surface area contributed by atoms with E-state index in [9.17, 15) is 17.6 Å². The first-order valence-corrected chi connectivity index (χ1v) is 7.34. The Balaban J connectivity index is 2.21. The van der Waals surface area contributed by atoms with E-state index < -0.39 is 27.9 Å². The zero-order valence-electron chi connectivity index (χ0n) is 10.8. The van der Waals surface area contributed by atoms with Gasteiger partial charge in [-0.15, -0.1) is 0 Å². The molecule has 0 aromatic heterocycles. The first kappa shape index (κ1) is 14.9. The summed E-state index contributed by atoms with van der Waals surface area (Å²) in [5.41, 5.74) is 0. The zero-order valence-corrected chi connectivity index (χ0v) is 11.6. The Labute approximate surface area is 116 Å². The molecule has 1 saturated heterocycles. The van der Waals surface area contributed by atoms with Gasteiger partial charge in [-0.2, -0.15) is 4.31 Å². The molecule has 110 valence electrons. The smallest absolute Gasteiger partial charge is 0.336 e. The van der Waals surface area contributed by atoms with Crippen molar-refractivity contribution >= 4 is 16.0 Å². The summed E-state index contributed by atoms with van der Waals surface area (Å²) in [6.07, 6.45) is -0.941. The lowest BCUT2D eigenvalue weighted by Gasteiger charge is -2.30. The average Bonchev–Trinajstić information content (AvgIpc) is 2.47. The summed E-state index contributed by atoms with van der Waals surface area (Å²) in [6, 6.07) is 4.52. The summed E-state index contributed by atoms with van der Waals surface area (Å²) < 4.78 is 48.4. The molecule has 0 saturated carbocycles. The van der Waals surface area contributed by atoms with Gasteiger partial charge in [0.25, 0.3) is 0 Å². The van der Waals surface area contributed by atoms with E-state index in [2.05, 4.69) is 4.74 Å². The molecule has 0 aliphatic carbocycles. The summed E-state index contributed by atoms with van der Waals surface area (Å²) >= 11 is 0. The molecule has 1 fully saturated rings. The van der Waals surface area contributed by atoms with Gasteiger partial charge in [0.15, 0.2) is 6.10 Å². The number of nitrogens with zero attached hydrogens (tertiary/aromatic N) is 1. The highest BCUT2D eigenvalue weighted by Crippen LogP contribution is 2.19. The minimum Gasteiger partial charge on any atom is -0.467 e. The minimum absolute atomic E-state index is 0.0237. The second-order valence-corrected chi connectivity index (χ2v) is 6.14. The first-order chi connectivity index (χ1) is 9.45. The van der Waals surface area contributed by atoms with Gasteiger partial charge in [0.2, 0.25) is 10.0 Å².